The standard InChI is InChI=1S/C13H17BrN2O2S/c1-13(2,3)18-12(17)16-10-7-9(14)5-4-8(10)6-11(15)19/h4-5,7H,6H2,1-3H3,(H2,15,19)(H,16,17). The van der Waals surface area contributed by atoms with Crippen molar-refractivity contribution in [3.8, 4) is 0 Å². The molecule has 1 aromatic carbocycles. The molecule has 0 aliphatic carbocycles. The van der Waals surface area contributed by atoms with Gasteiger partial charge in [0.2, 0.25) is 0 Å². The Morgan fingerprint density at radius 1 is 1.47 bits per heavy atom. The first-order chi connectivity index (χ1) is 8.67. The van der Waals surface area contributed by atoms with E-state index in [1.165, 1.54) is 0 Å². The summed E-state index contributed by atoms with van der Waals surface area (Å²) in [5.74, 6) is 0. The number of hydrogen-bond donors (Lipinski definition) is 2. The summed E-state index contributed by atoms with van der Waals surface area (Å²) in [5.41, 5.74) is 6.48. The van der Waals surface area contributed by atoms with E-state index in [4.69, 9.17) is 22.7 Å². The zero-order valence-electron chi connectivity index (χ0n) is 11.1. The lowest BCUT2D eigenvalue weighted by atomic mass is 10.1. The first kappa shape index (κ1) is 15.9. The Kier molecular flexibility index (Phi) is 5.31. The number of halogens is 1. The third kappa shape index (κ3) is 6.02. The number of hydrogen-bond acceptors (Lipinski definition) is 3. The highest BCUT2D eigenvalue weighted by molar-refractivity contribution is 9.10. The summed E-state index contributed by atoms with van der Waals surface area (Å²) in [5, 5.41) is 2.71. The third-order valence-corrected chi connectivity index (χ3v) is 2.71. The number of benzene rings is 1. The molecule has 0 fully saturated rings. The van der Waals surface area contributed by atoms with Crippen molar-refractivity contribution in [1.29, 1.82) is 0 Å². The van der Waals surface area contributed by atoms with E-state index in [0.29, 0.717) is 17.1 Å². The molecule has 0 atom stereocenters. The Bertz CT molecular complexity index is 498. The van der Waals surface area contributed by atoms with Gasteiger partial charge in [-0.25, -0.2) is 4.79 Å². The van der Waals surface area contributed by atoms with Gasteiger partial charge in [0.1, 0.15) is 5.60 Å². The van der Waals surface area contributed by atoms with Gasteiger partial charge in [-0.05, 0) is 38.5 Å². The molecule has 0 aliphatic heterocycles. The Balaban J connectivity index is 2.89. The molecule has 3 N–H and O–H groups in total. The fourth-order valence-corrected chi connectivity index (χ4v) is 1.94. The van der Waals surface area contributed by atoms with E-state index >= 15 is 0 Å². The number of thiocarbonyl (C=S) groups is 1. The second-order valence-electron chi connectivity index (χ2n) is 5.07. The highest BCUT2D eigenvalue weighted by Crippen LogP contribution is 2.23. The number of nitrogens with one attached hydrogen (secondary N) is 1. The minimum absolute atomic E-state index is 0.370. The smallest absolute Gasteiger partial charge is 0.412 e. The lowest BCUT2D eigenvalue weighted by Gasteiger charge is -2.20. The van der Waals surface area contributed by atoms with Gasteiger partial charge in [0.05, 0.1) is 4.99 Å². The van der Waals surface area contributed by atoms with E-state index in [1.807, 2.05) is 32.9 Å². The molecule has 104 valence electrons. The second kappa shape index (κ2) is 6.34. The van der Waals surface area contributed by atoms with Gasteiger partial charge in [-0.15, -0.1) is 0 Å². The van der Waals surface area contributed by atoms with Crippen molar-refractivity contribution < 1.29 is 9.53 Å². The molecule has 0 aromatic heterocycles. The number of carbonyl (C=O) groups excluding carboxylic acids is 1. The first-order valence-electron chi connectivity index (χ1n) is 5.74. The van der Waals surface area contributed by atoms with Crippen LogP contribution in [-0.2, 0) is 11.2 Å². The quantitative estimate of drug-likeness (QED) is 0.822. The molecule has 19 heavy (non-hydrogen) atoms. The van der Waals surface area contributed by atoms with Crippen LogP contribution in [0.25, 0.3) is 0 Å². The largest absolute Gasteiger partial charge is 0.444 e. The summed E-state index contributed by atoms with van der Waals surface area (Å²) >= 11 is 8.25. The summed E-state index contributed by atoms with van der Waals surface area (Å²) in [6.45, 7) is 5.43. The van der Waals surface area contributed by atoms with Crippen molar-refractivity contribution in [2.75, 3.05) is 5.32 Å². The maximum atomic E-state index is 11.8. The van der Waals surface area contributed by atoms with Crippen molar-refractivity contribution in [3.63, 3.8) is 0 Å². The molecule has 4 nitrogen and oxygen atoms in total. The summed E-state index contributed by atoms with van der Waals surface area (Å²) < 4.78 is 6.06. The van der Waals surface area contributed by atoms with Crippen LogP contribution in [0.2, 0.25) is 0 Å². The fourth-order valence-electron chi connectivity index (χ4n) is 1.42. The molecule has 6 heteroatoms. The van der Waals surface area contributed by atoms with Gasteiger partial charge < -0.3 is 10.5 Å². The predicted octanol–water partition coefficient (Wildman–Crippen LogP) is 3.62. The second-order valence-corrected chi connectivity index (χ2v) is 6.51. The van der Waals surface area contributed by atoms with E-state index in [2.05, 4.69) is 21.2 Å². The number of amides is 1. The Labute approximate surface area is 126 Å². The fraction of sp³-hybridized carbons (Fsp3) is 0.385. The summed E-state index contributed by atoms with van der Waals surface area (Å²) in [6, 6.07) is 5.52. The molecule has 0 heterocycles. The van der Waals surface area contributed by atoms with E-state index in [9.17, 15) is 4.79 Å². The van der Waals surface area contributed by atoms with Crippen molar-refractivity contribution in [1.82, 2.24) is 0 Å². The van der Waals surface area contributed by atoms with Crippen molar-refractivity contribution in [2.45, 2.75) is 32.8 Å². The van der Waals surface area contributed by atoms with Crippen molar-refractivity contribution in [2.24, 2.45) is 5.73 Å². The molecule has 0 saturated heterocycles. The van der Waals surface area contributed by atoms with Crippen LogP contribution in [0.3, 0.4) is 0 Å². The van der Waals surface area contributed by atoms with E-state index in [1.54, 1.807) is 6.07 Å². The van der Waals surface area contributed by atoms with Crippen LogP contribution in [0, 0.1) is 0 Å². The van der Waals surface area contributed by atoms with Gasteiger partial charge >= 0.3 is 6.09 Å². The van der Waals surface area contributed by atoms with Crippen molar-refractivity contribution >= 4 is 44.9 Å². The van der Waals surface area contributed by atoms with Crippen LogP contribution in [0.5, 0.6) is 0 Å². The molecule has 1 aromatic rings. The monoisotopic (exact) mass is 344 g/mol. The van der Waals surface area contributed by atoms with Crippen LogP contribution >= 0.6 is 28.1 Å². The minimum Gasteiger partial charge on any atom is -0.444 e. The van der Waals surface area contributed by atoms with E-state index < -0.39 is 11.7 Å². The van der Waals surface area contributed by atoms with Crippen LogP contribution in [0.1, 0.15) is 26.3 Å². The van der Waals surface area contributed by atoms with Gasteiger partial charge in [-0.2, -0.15) is 0 Å². The maximum absolute atomic E-state index is 11.8. The normalized spacial score (nSPS) is 10.9. The number of nitrogens with two attached hydrogens (primary N) is 1. The highest BCUT2D eigenvalue weighted by Gasteiger charge is 2.17. The average Bonchev–Trinajstić information content (AvgIpc) is 2.18. The topological polar surface area (TPSA) is 64.3 Å². The SMILES string of the molecule is CC(C)(C)OC(=O)Nc1cc(Br)ccc1CC(N)=S. The predicted molar refractivity (Wildman–Crippen MR) is 84.5 cm³/mol. The van der Waals surface area contributed by atoms with E-state index in [-0.39, 0.29) is 0 Å². The zero-order valence-corrected chi connectivity index (χ0v) is 13.5. The molecular formula is C13H17BrN2O2S. The van der Waals surface area contributed by atoms with Gasteiger partial charge in [0.15, 0.2) is 0 Å². The molecule has 0 aliphatic rings. The summed E-state index contributed by atoms with van der Waals surface area (Å²) in [6.07, 6.45) is -0.0805. The van der Waals surface area contributed by atoms with Gasteiger partial charge in [-0.1, -0.05) is 34.2 Å². The number of rotatable bonds is 3. The minimum atomic E-state index is -0.542. The zero-order chi connectivity index (χ0) is 14.6. The maximum Gasteiger partial charge on any atom is 0.412 e. The Morgan fingerprint density at radius 3 is 2.63 bits per heavy atom. The molecule has 0 spiro atoms. The Hall–Kier alpha value is -1.14. The molecule has 1 rings (SSSR count). The number of ether oxygens (including phenoxy) is 1. The van der Waals surface area contributed by atoms with Crippen LogP contribution in [0.4, 0.5) is 10.5 Å². The van der Waals surface area contributed by atoms with Gasteiger partial charge in [0, 0.05) is 16.6 Å². The highest BCUT2D eigenvalue weighted by atomic mass is 79.9. The molecule has 0 saturated carbocycles. The summed E-state index contributed by atoms with van der Waals surface area (Å²) in [7, 11) is 0. The van der Waals surface area contributed by atoms with Crippen LogP contribution in [0.15, 0.2) is 22.7 Å². The molecule has 0 unspecified atom stereocenters. The average molecular weight is 345 g/mol. The molecule has 0 bridgehead atoms. The summed E-state index contributed by atoms with van der Waals surface area (Å²) in [4.78, 5) is 12.1. The lowest BCUT2D eigenvalue weighted by molar-refractivity contribution is 0.0636. The van der Waals surface area contributed by atoms with Gasteiger partial charge in [-0.3, -0.25) is 5.32 Å². The lowest BCUT2D eigenvalue weighted by Crippen LogP contribution is -2.27. The first-order valence-corrected chi connectivity index (χ1v) is 6.94. The Morgan fingerprint density at radius 2 is 2.11 bits per heavy atom. The third-order valence-electron chi connectivity index (χ3n) is 2.07. The number of carbonyl (C=O) groups is 1. The number of anilines is 1. The molecule has 0 radical (unpaired) electrons. The molecule has 1 amide bonds. The van der Waals surface area contributed by atoms with E-state index in [0.717, 1.165) is 10.0 Å². The molecular weight excluding hydrogens is 328 g/mol. The van der Waals surface area contributed by atoms with Crippen LogP contribution in [-0.4, -0.2) is 16.7 Å². The van der Waals surface area contributed by atoms with Gasteiger partial charge in [0.25, 0.3) is 0 Å². The van der Waals surface area contributed by atoms with Crippen molar-refractivity contribution in [3.05, 3.63) is 28.2 Å². The van der Waals surface area contributed by atoms with Crippen LogP contribution < -0.4 is 11.1 Å².